The highest BCUT2D eigenvalue weighted by Crippen LogP contribution is 2.39. The minimum Gasteiger partial charge on any atom is -0.316 e. The third-order valence-electron chi connectivity index (χ3n) is 5.00. The van der Waals surface area contributed by atoms with Crippen molar-refractivity contribution in [1.82, 2.24) is 5.32 Å². The van der Waals surface area contributed by atoms with Crippen LogP contribution in [0.4, 0.5) is 0 Å². The van der Waals surface area contributed by atoms with Gasteiger partial charge in [0.05, 0.1) is 0 Å². The number of hydrogen-bond donors (Lipinski definition) is 1. The van der Waals surface area contributed by atoms with Crippen molar-refractivity contribution in [2.45, 2.75) is 39.0 Å². The van der Waals surface area contributed by atoms with E-state index in [1.165, 1.54) is 28.7 Å². The first-order valence-corrected chi connectivity index (χ1v) is 8.00. The summed E-state index contributed by atoms with van der Waals surface area (Å²) >= 11 is 0. The summed E-state index contributed by atoms with van der Waals surface area (Å²) < 4.78 is 0. The molecule has 2 unspecified atom stereocenters. The number of benzene rings is 2. The molecule has 110 valence electrons. The molecule has 0 amide bonds. The Bertz CT molecular complexity index is 629. The molecule has 0 radical (unpaired) electrons. The molecule has 1 aliphatic rings. The summed E-state index contributed by atoms with van der Waals surface area (Å²) in [5.41, 5.74) is 7.27. The van der Waals surface area contributed by atoms with E-state index in [9.17, 15) is 0 Å². The molecule has 1 heteroatoms. The number of aryl methyl sites for hydroxylation is 2. The summed E-state index contributed by atoms with van der Waals surface area (Å²) in [5, 5.41) is 3.59. The van der Waals surface area contributed by atoms with Crippen LogP contribution in [0.2, 0.25) is 0 Å². The Balaban J connectivity index is 2.00. The molecule has 0 bridgehead atoms. The molecule has 0 aliphatic carbocycles. The van der Waals surface area contributed by atoms with Gasteiger partial charge in [-0.3, -0.25) is 0 Å². The predicted molar refractivity (Wildman–Crippen MR) is 90.1 cm³/mol. The average Bonchev–Trinajstić information content (AvgIpc) is 2.50. The second kappa shape index (κ2) is 6.03. The lowest BCUT2D eigenvalue weighted by Gasteiger charge is -2.34. The van der Waals surface area contributed by atoms with Crippen molar-refractivity contribution in [1.29, 1.82) is 0 Å². The highest BCUT2D eigenvalue weighted by atomic mass is 14.9. The van der Waals surface area contributed by atoms with E-state index in [4.69, 9.17) is 0 Å². The molecule has 0 aromatic heterocycles. The van der Waals surface area contributed by atoms with Crippen LogP contribution in [0, 0.1) is 20.8 Å². The van der Waals surface area contributed by atoms with Gasteiger partial charge in [-0.25, -0.2) is 0 Å². The maximum atomic E-state index is 3.59. The molecule has 1 nitrogen and oxygen atoms in total. The molecule has 1 aliphatic heterocycles. The van der Waals surface area contributed by atoms with Crippen molar-refractivity contribution < 1.29 is 0 Å². The van der Waals surface area contributed by atoms with Crippen LogP contribution < -0.4 is 5.32 Å². The Morgan fingerprint density at radius 3 is 2.57 bits per heavy atom. The Kier molecular flexibility index (Phi) is 4.12. The Morgan fingerprint density at radius 1 is 0.952 bits per heavy atom. The van der Waals surface area contributed by atoms with Crippen LogP contribution in [-0.4, -0.2) is 13.1 Å². The molecule has 21 heavy (non-hydrogen) atoms. The van der Waals surface area contributed by atoms with Gasteiger partial charge in [0.25, 0.3) is 0 Å². The zero-order valence-corrected chi connectivity index (χ0v) is 13.3. The Morgan fingerprint density at radius 2 is 1.76 bits per heavy atom. The predicted octanol–water partition coefficient (Wildman–Crippen LogP) is 4.47. The maximum absolute atomic E-state index is 3.59. The standard InChI is InChI=1S/C20H25N/c1-14-6-4-8-17(12-14)20-13-21-11-10-19(20)18-9-5-7-15(2)16(18)3/h4-9,12,19-21H,10-11,13H2,1-3H3. The first kappa shape index (κ1) is 14.3. The minimum absolute atomic E-state index is 0.583. The fourth-order valence-electron chi connectivity index (χ4n) is 3.66. The molecule has 2 aromatic carbocycles. The fourth-order valence-corrected chi connectivity index (χ4v) is 3.66. The molecule has 1 saturated heterocycles. The lowest BCUT2D eigenvalue weighted by atomic mass is 9.75. The van der Waals surface area contributed by atoms with E-state index in [-0.39, 0.29) is 0 Å². The van der Waals surface area contributed by atoms with E-state index < -0.39 is 0 Å². The molecule has 0 spiro atoms. The summed E-state index contributed by atoms with van der Waals surface area (Å²) in [5.74, 6) is 1.21. The third-order valence-corrected chi connectivity index (χ3v) is 5.00. The topological polar surface area (TPSA) is 12.0 Å². The quantitative estimate of drug-likeness (QED) is 0.855. The number of piperidine rings is 1. The SMILES string of the molecule is Cc1cccc(C2CNCCC2c2cccc(C)c2C)c1. The van der Waals surface area contributed by atoms with E-state index >= 15 is 0 Å². The van der Waals surface area contributed by atoms with Crippen LogP contribution in [-0.2, 0) is 0 Å². The molecule has 1 heterocycles. The molecule has 2 atom stereocenters. The zero-order chi connectivity index (χ0) is 14.8. The molecule has 1 N–H and O–H groups in total. The third kappa shape index (κ3) is 2.89. The maximum Gasteiger partial charge on any atom is 0.00328 e. The van der Waals surface area contributed by atoms with Crippen molar-refractivity contribution in [2.24, 2.45) is 0 Å². The normalized spacial score (nSPS) is 22.2. The number of rotatable bonds is 2. The van der Waals surface area contributed by atoms with Gasteiger partial charge in [0.2, 0.25) is 0 Å². The zero-order valence-electron chi connectivity index (χ0n) is 13.3. The smallest absolute Gasteiger partial charge is 0.00328 e. The van der Waals surface area contributed by atoms with Crippen molar-refractivity contribution in [3.05, 3.63) is 70.3 Å². The molecule has 0 saturated carbocycles. The average molecular weight is 279 g/mol. The van der Waals surface area contributed by atoms with E-state index in [1.807, 2.05) is 0 Å². The number of hydrogen-bond acceptors (Lipinski definition) is 1. The van der Waals surface area contributed by atoms with Crippen molar-refractivity contribution in [2.75, 3.05) is 13.1 Å². The van der Waals surface area contributed by atoms with Gasteiger partial charge >= 0.3 is 0 Å². The van der Waals surface area contributed by atoms with Crippen molar-refractivity contribution in [3.8, 4) is 0 Å². The van der Waals surface area contributed by atoms with Crippen LogP contribution in [0.15, 0.2) is 42.5 Å². The fraction of sp³-hybridized carbons (Fsp3) is 0.400. The largest absolute Gasteiger partial charge is 0.316 e. The molecule has 3 rings (SSSR count). The first-order chi connectivity index (χ1) is 10.2. The highest BCUT2D eigenvalue weighted by molar-refractivity contribution is 5.39. The van der Waals surface area contributed by atoms with Crippen LogP contribution in [0.5, 0.6) is 0 Å². The van der Waals surface area contributed by atoms with Gasteiger partial charge < -0.3 is 5.32 Å². The van der Waals surface area contributed by atoms with E-state index in [0.29, 0.717) is 11.8 Å². The van der Waals surface area contributed by atoms with Crippen molar-refractivity contribution >= 4 is 0 Å². The van der Waals surface area contributed by atoms with E-state index in [1.54, 1.807) is 5.56 Å². The van der Waals surface area contributed by atoms with Crippen molar-refractivity contribution in [3.63, 3.8) is 0 Å². The lowest BCUT2D eigenvalue weighted by molar-refractivity contribution is 0.403. The van der Waals surface area contributed by atoms with Crippen LogP contribution in [0.3, 0.4) is 0 Å². The Labute approximate surface area is 128 Å². The molecule has 2 aromatic rings. The summed E-state index contributed by atoms with van der Waals surface area (Å²) in [6.07, 6.45) is 1.23. The monoisotopic (exact) mass is 279 g/mol. The lowest BCUT2D eigenvalue weighted by Crippen LogP contribution is -2.34. The van der Waals surface area contributed by atoms with E-state index in [2.05, 4.69) is 68.6 Å². The summed E-state index contributed by atoms with van der Waals surface area (Å²) in [6, 6.07) is 15.8. The number of nitrogens with one attached hydrogen (secondary N) is 1. The molecular formula is C20H25N. The molecule has 1 fully saturated rings. The van der Waals surface area contributed by atoms with Gasteiger partial charge in [0.1, 0.15) is 0 Å². The van der Waals surface area contributed by atoms with E-state index in [0.717, 1.165) is 13.1 Å². The van der Waals surface area contributed by atoms with Gasteiger partial charge in [-0.15, -0.1) is 0 Å². The summed E-state index contributed by atoms with van der Waals surface area (Å²) in [7, 11) is 0. The summed E-state index contributed by atoms with van der Waals surface area (Å²) in [4.78, 5) is 0. The first-order valence-electron chi connectivity index (χ1n) is 8.00. The van der Waals surface area contributed by atoms with Crippen LogP contribution in [0.25, 0.3) is 0 Å². The van der Waals surface area contributed by atoms with Gasteiger partial charge in [0, 0.05) is 12.5 Å². The Hall–Kier alpha value is -1.60. The van der Waals surface area contributed by atoms with Crippen LogP contribution >= 0.6 is 0 Å². The summed E-state index contributed by atoms with van der Waals surface area (Å²) in [6.45, 7) is 8.90. The van der Waals surface area contributed by atoms with Gasteiger partial charge in [-0.05, 0) is 61.9 Å². The van der Waals surface area contributed by atoms with Crippen LogP contribution in [0.1, 0.15) is 46.1 Å². The highest BCUT2D eigenvalue weighted by Gasteiger charge is 2.28. The molecular weight excluding hydrogens is 254 g/mol. The van der Waals surface area contributed by atoms with Gasteiger partial charge in [0.15, 0.2) is 0 Å². The second-order valence-corrected chi connectivity index (χ2v) is 6.41. The van der Waals surface area contributed by atoms with Gasteiger partial charge in [-0.2, -0.15) is 0 Å². The van der Waals surface area contributed by atoms with Gasteiger partial charge in [-0.1, -0.05) is 48.0 Å². The second-order valence-electron chi connectivity index (χ2n) is 6.41. The minimum atomic E-state index is 0.583.